The Morgan fingerprint density at radius 2 is 1.95 bits per heavy atom. The molecule has 2 rings (SSSR count). The maximum atomic E-state index is 11.9. The average molecular weight is 319 g/mol. The number of tetrazole rings is 1. The van der Waals surface area contributed by atoms with Crippen molar-refractivity contribution in [3.8, 4) is 5.69 Å². The molecule has 7 heteroatoms. The summed E-state index contributed by atoms with van der Waals surface area (Å²) in [5, 5.41) is 11.8. The van der Waals surface area contributed by atoms with E-state index in [1.807, 2.05) is 49.1 Å². The normalized spacial score (nSPS) is 10.6. The van der Waals surface area contributed by atoms with Crippen LogP contribution < -0.4 is 0 Å². The zero-order valence-electron chi connectivity index (χ0n) is 13.0. The van der Waals surface area contributed by atoms with Crippen LogP contribution in [0.4, 0.5) is 0 Å². The topological polar surface area (TPSA) is 63.9 Å². The first-order valence-corrected chi connectivity index (χ1v) is 8.60. The number of carbonyl (C=O) groups excluding carboxylic acids is 1. The molecule has 0 saturated carbocycles. The van der Waals surface area contributed by atoms with Gasteiger partial charge in [0.05, 0.1) is 11.4 Å². The molecule has 0 bridgehead atoms. The first kappa shape index (κ1) is 16.5. The highest BCUT2D eigenvalue weighted by molar-refractivity contribution is 7.98. The monoisotopic (exact) mass is 319 g/mol. The molecule has 0 aliphatic carbocycles. The molecule has 0 N–H and O–H groups in total. The van der Waals surface area contributed by atoms with Crippen molar-refractivity contribution in [3.05, 3.63) is 36.2 Å². The number of hydrogen-bond donors (Lipinski definition) is 0. The second-order valence-electron chi connectivity index (χ2n) is 4.71. The van der Waals surface area contributed by atoms with Gasteiger partial charge in [-0.2, -0.15) is 16.4 Å². The van der Waals surface area contributed by atoms with Crippen LogP contribution in [-0.2, 0) is 10.5 Å². The summed E-state index contributed by atoms with van der Waals surface area (Å²) in [6.45, 7) is 5.55. The Hall–Kier alpha value is -1.89. The second kappa shape index (κ2) is 8.53. The summed E-state index contributed by atoms with van der Waals surface area (Å²) in [7, 11) is 0. The van der Waals surface area contributed by atoms with E-state index in [0.717, 1.165) is 30.4 Å². The van der Waals surface area contributed by atoms with Gasteiger partial charge in [0.2, 0.25) is 5.91 Å². The van der Waals surface area contributed by atoms with E-state index < -0.39 is 0 Å². The molecule has 1 amide bonds. The smallest absolute Gasteiger partial charge is 0.223 e. The minimum atomic E-state index is 0.208. The van der Waals surface area contributed by atoms with Gasteiger partial charge in [-0.25, -0.2) is 0 Å². The Morgan fingerprint density at radius 1 is 1.23 bits per heavy atom. The molecule has 1 aromatic carbocycles. The Bertz CT molecular complexity index is 583. The van der Waals surface area contributed by atoms with Gasteiger partial charge in [-0.05, 0) is 36.4 Å². The lowest BCUT2D eigenvalue weighted by Crippen LogP contribution is -2.30. The molecule has 0 fully saturated rings. The van der Waals surface area contributed by atoms with Crippen molar-refractivity contribution in [2.75, 3.05) is 18.8 Å². The van der Waals surface area contributed by atoms with Crippen molar-refractivity contribution in [1.29, 1.82) is 0 Å². The summed E-state index contributed by atoms with van der Waals surface area (Å²) >= 11 is 1.68. The maximum absolute atomic E-state index is 11.9. The van der Waals surface area contributed by atoms with Gasteiger partial charge >= 0.3 is 0 Å². The highest BCUT2D eigenvalue weighted by Gasteiger charge is 2.11. The van der Waals surface area contributed by atoms with Crippen molar-refractivity contribution in [3.63, 3.8) is 0 Å². The zero-order valence-corrected chi connectivity index (χ0v) is 13.8. The third kappa shape index (κ3) is 4.30. The number of aromatic nitrogens is 4. The Balaban J connectivity index is 1.84. The molecule has 0 aliphatic heterocycles. The number of carbonyl (C=O) groups is 1. The highest BCUT2D eigenvalue weighted by Crippen LogP contribution is 2.14. The molecule has 1 heterocycles. The van der Waals surface area contributed by atoms with E-state index in [4.69, 9.17) is 0 Å². The van der Waals surface area contributed by atoms with E-state index in [-0.39, 0.29) is 5.91 Å². The van der Waals surface area contributed by atoms with E-state index in [9.17, 15) is 4.79 Å². The van der Waals surface area contributed by atoms with Crippen LogP contribution in [0.3, 0.4) is 0 Å². The summed E-state index contributed by atoms with van der Waals surface area (Å²) in [6.07, 6.45) is 0.555. The molecule has 2 aromatic rings. The molecule has 118 valence electrons. The molecule has 0 radical (unpaired) electrons. The van der Waals surface area contributed by atoms with Crippen LogP contribution in [0, 0.1) is 0 Å². The van der Waals surface area contributed by atoms with E-state index in [1.54, 1.807) is 16.4 Å². The zero-order chi connectivity index (χ0) is 15.8. The van der Waals surface area contributed by atoms with Gasteiger partial charge in [0.25, 0.3) is 0 Å². The largest absolute Gasteiger partial charge is 0.343 e. The molecule has 0 saturated heterocycles. The van der Waals surface area contributed by atoms with Gasteiger partial charge in [0.15, 0.2) is 5.82 Å². The predicted molar refractivity (Wildman–Crippen MR) is 87.9 cm³/mol. The van der Waals surface area contributed by atoms with Crippen molar-refractivity contribution in [1.82, 2.24) is 25.1 Å². The standard InChI is InChI=1S/C15H21N5OS/c1-3-19(4-2)15(21)10-11-22-12-14-16-17-18-20(14)13-8-6-5-7-9-13/h5-9H,3-4,10-12H2,1-2H3. The molecule has 0 unspecified atom stereocenters. The number of para-hydroxylation sites is 1. The lowest BCUT2D eigenvalue weighted by atomic mass is 10.3. The Morgan fingerprint density at radius 3 is 2.64 bits per heavy atom. The maximum Gasteiger partial charge on any atom is 0.223 e. The van der Waals surface area contributed by atoms with E-state index in [2.05, 4.69) is 15.5 Å². The van der Waals surface area contributed by atoms with Gasteiger partial charge in [-0.3, -0.25) is 4.79 Å². The predicted octanol–water partition coefficient (Wildman–Crippen LogP) is 2.15. The van der Waals surface area contributed by atoms with Crippen LogP contribution in [0.5, 0.6) is 0 Å². The summed E-state index contributed by atoms with van der Waals surface area (Å²) in [5.41, 5.74) is 0.947. The molecular weight excluding hydrogens is 298 g/mol. The first-order chi connectivity index (χ1) is 10.8. The molecular formula is C15H21N5OS. The number of benzene rings is 1. The van der Waals surface area contributed by atoms with Gasteiger partial charge < -0.3 is 4.90 Å². The Kier molecular flexibility index (Phi) is 6.39. The molecule has 1 aromatic heterocycles. The van der Waals surface area contributed by atoms with Crippen molar-refractivity contribution < 1.29 is 4.79 Å². The molecule has 6 nitrogen and oxygen atoms in total. The van der Waals surface area contributed by atoms with Crippen LogP contribution in [0.15, 0.2) is 30.3 Å². The number of thioether (sulfide) groups is 1. The van der Waals surface area contributed by atoms with Gasteiger partial charge in [-0.1, -0.05) is 18.2 Å². The van der Waals surface area contributed by atoms with Crippen LogP contribution in [0.2, 0.25) is 0 Å². The molecule has 0 aliphatic rings. The lowest BCUT2D eigenvalue weighted by molar-refractivity contribution is -0.130. The summed E-state index contributed by atoms with van der Waals surface area (Å²) in [4.78, 5) is 13.8. The van der Waals surface area contributed by atoms with Crippen LogP contribution in [-0.4, -0.2) is 49.9 Å². The fraction of sp³-hybridized carbons (Fsp3) is 0.467. The summed E-state index contributed by atoms with van der Waals surface area (Å²) in [6, 6.07) is 9.80. The number of rotatable bonds is 8. The molecule has 0 atom stereocenters. The number of amides is 1. The highest BCUT2D eigenvalue weighted by atomic mass is 32.2. The SMILES string of the molecule is CCN(CC)C(=O)CCSCc1nnnn1-c1ccccc1. The van der Waals surface area contributed by atoms with E-state index in [1.165, 1.54) is 0 Å². The van der Waals surface area contributed by atoms with Crippen molar-refractivity contribution >= 4 is 17.7 Å². The average Bonchev–Trinajstić information content (AvgIpc) is 3.02. The number of hydrogen-bond acceptors (Lipinski definition) is 5. The second-order valence-corrected chi connectivity index (χ2v) is 5.82. The number of nitrogens with zero attached hydrogens (tertiary/aromatic N) is 5. The fourth-order valence-corrected chi connectivity index (χ4v) is 2.95. The third-order valence-corrected chi connectivity index (χ3v) is 4.30. The van der Waals surface area contributed by atoms with Gasteiger partial charge in [0, 0.05) is 25.3 Å². The van der Waals surface area contributed by atoms with Crippen LogP contribution >= 0.6 is 11.8 Å². The quantitative estimate of drug-likeness (QED) is 0.698. The van der Waals surface area contributed by atoms with Gasteiger partial charge in [0.1, 0.15) is 0 Å². The van der Waals surface area contributed by atoms with E-state index >= 15 is 0 Å². The Labute approximate surface area is 134 Å². The molecule has 22 heavy (non-hydrogen) atoms. The van der Waals surface area contributed by atoms with Crippen LogP contribution in [0.25, 0.3) is 5.69 Å². The minimum Gasteiger partial charge on any atom is -0.343 e. The van der Waals surface area contributed by atoms with Crippen molar-refractivity contribution in [2.45, 2.75) is 26.0 Å². The third-order valence-electron chi connectivity index (χ3n) is 3.34. The lowest BCUT2D eigenvalue weighted by Gasteiger charge is -2.18. The first-order valence-electron chi connectivity index (χ1n) is 7.44. The minimum absolute atomic E-state index is 0.208. The van der Waals surface area contributed by atoms with Gasteiger partial charge in [-0.15, -0.1) is 5.10 Å². The summed E-state index contributed by atoms with van der Waals surface area (Å²) < 4.78 is 1.74. The van der Waals surface area contributed by atoms with E-state index in [0.29, 0.717) is 12.2 Å². The molecule has 0 spiro atoms. The summed E-state index contributed by atoms with van der Waals surface area (Å²) in [5.74, 6) is 2.47. The van der Waals surface area contributed by atoms with Crippen LogP contribution in [0.1, 0.15) is 26.1 Å². The van der Waals surface area contributed by atoms with Crippen molar-refractivity contribution in [2.24, 2.45) is 0 Å². The fourth-order valence-electron chi connectivity index (χ4n) is 2.12.